The highest BCUT2D eigenvalue weighted by Gasteiger charge is 2.40. The molecule has 0 saturated carbocycles. The van der Waals surface area contributed by atoms with E-state index in [1.807, 2.05) is 72.4 Å². The zero-order valence-corrected chi connectivity index (χ0v) is 17.2. The van der Waals surface area contributed by atoms with Crippen LogP contribution in [0.15, 0.2) is 65.7 Å². The lowest BCUT2D eigenvalue weighted by Crippen LogP contribution is -2.45. The fraction of sp³-hybridized carbons (Fsp3) is 0.136. The predicted octanol–water partition coefficient (Wildman–Crippen LogP) is 4.08. The fourth-order valence-electron chi connectivity index (χ4n) is 3.50. The Morgan fingerprint density at radius 2 is 1.86 bits per heavy atom. The molecule has 5 nitrogen and oxygen atoms in total. The summed E-state index contributed by atoms with van der Waals surface area (Å²) in [5.74, 6) is -1.44. The number of amides is 1. The maximum atomic E-state index is 13.1. The molecule has 1 aliphatic rings. The molecule has 1 unspecified atom stereocenters. The van der Waals surface area contributed by atoms with E-state index in [4.69, 9.17) is 12.2 Å². The quantitative estimate of drug-likeness (QED) is 0.496. The van der Waals surface area contributed by atoms with Crippen molar-refractivity contribution >= 4 is 57.2 Å². The lowest BCUT2D eigenvalue weighted by atomic mass is 10.0. The first-order valence-corrected chi connectivity index (χ1v) is 10.3. The number of fused-ring (bicyclic) bond motifs is 1. The molecule has 1 atom stereocenters. The van der Waals surface area contributed by atoms with E-state index in [2.05, 4.69) is 0 Å². The molecule has 2 heterocycles. The third-order valence-electron chi connectivity index (χ3n) is 4.91. The summed E-state index contributed by atoms with van der Waals surface area (Å²) in [6.45, 7) is 0. The van der Waals surface area contributed by atoms with Gasteiger partial charge in [-0.05, 0) is 17.7 Å². The number of aliphatic carboxylic acids is 1. The molecule has 1 fully saturated rings. The number of carbonyl (C=O) groups is 2. The maximum absolute atomic E-state index is 13.1. The molecule has 1 amide bonds. The monoisotopic (exact) mass is 422 g/mol. The van der Waals surface area contributed by atoms with Gasteiger partial charge in [0.2, 0.25) is 0 Å². The van der Waals surface area contributed by atoms with E-state index >= 15 is 0 Å². The van der Waals surface area contributed by atoms with Crippen LogP contribution in [0.3, 0.4) is 0 Å². The second-order valence-corrected chi connectivity index (χ2v) is 8.48. The van der Waals surface area contributed by atoms with Crippen molar-refractivity contribution in [3.05, 3.63) is 76.8 Å². The number of nitrogens with zero attached hydrogens (tertiary/aromatic N) is 2. The third-order valence-corrected chi connectivity index (χ3v) is 6.24. The minimum absolute atomic E-state index is 0.199. The van der Waals surface area contributed by atoms with Crippen LogP contribution in [0.4, 0.5) is 0 Å². The van der Waals surface area contributed by atoms with Gasteiger partial charge in [0, 0.05) is 36.1 Å². The van der Waals surface area contributed by atoms with Gasteiger partial charge in [0.05, 0.1) is 4.91 Å². The number of hydrogen-bond acceptors (Lipinski definition) is 4. The van der Waals surface area contributed by atoms with Gasteiger partial charge in [-0.1, -0.05) is 72.5 Å². The van der Waals surface area contributed by atoms with E-state index in [0.717, 1.165) is 33.8 Å². The van der Waals surface area contributed by atoms with E-state index in [9.17, 15) is 14.7 Å². The average Bonchev–Trinajstić information content (AvgIpc) is 3.17. The van der Waals surface area contributed by atoms with Crippen LogP contribution in [0.25, 0.3) is 17.0 Å². The van der Waals surface area contributed by atoms with Crippen molar-refractivity contribution in [1.82, 2.24) is 9.47 Å². The molecule has 1 N–H and O–H groups in total. The first kappa shape index (κ1) is 19.4. The second kappa shape index (κ2) is 7.85. The predicted molar refractivity (Wildman–Crippen MR) is 120 cm³/mol. The van der Waals surface area contributed by atoms with Gasteiger partial charge in [0.15, 0.2) is 0 Å². The van der Waals surface area contributed by atoms with Crippen LogP contribution in [0.5, 0.6) is 0 Å². The number of aromatic nitrogens is 1. The van der Waals surface area contributed by atoms with E-state index < -0.39 is 12.0 Å². The average molecular weight is 423 g/mol. The molecule has 4 rings (SSSR count). The van der Waals surface area contributed by atoms with Crippen LogP contribution >= 0.6 is 24.0 Å². The number of aryl methyl sites for hydroxylation is 1. The van der Waals surface area contributed by atoms with Gasteiger partial charge in [0.1, 0.15) is 10.4 Å². The van der Waals surface area contributed by atoms with Crippen LogP contribution < -0.4 is 0 Å². The zero-order chi connectivity index (χ0) is 20.5. The normalized spacial score (nSPS) is 16.7. The van der Waals surface area contributed by atoms with Crippen molar-refractivity contribution in [2.24, 2.45) is 7.05 Å². The molecule has 1 aromatic heterocycles. The molecule has 0 bridgehead atoms. The number of thioether (sulfide) groups is 1. The highest BCUT2D eigenvalue weighted by molar-refractivity contribution is 8.26. The molecule has 2 aromatic carbocycles. The van der Waals surface area contributed by atoms with E-state index in [-0.39, 0.29) is 16.6 Å². The summed E-state index contributed by atoms with van der Waals surface area (Å²) in [4.78, 5) is 26.7. The number of hydrogen-bond donors (Lipinski definition) is 1. The molecule has 3 aromatic rings. The van der Waals surface area contributed by atoms with E-state index in [1.165, 1.54) is 4.90 Å². The Bertz CT molecular complexity index is 1150. The number of carbonyl (C=O) groups excluding carboxylic acids is 1. The first-order chi connectivity index (χ1) is 14.0. The molecule has 29 heavy (non-hydrogen) atoms. The lowest BCUT2D eigenvalue weighted by molar-refractivity contribution is -0.145. The summed E-state index contributed by atoms with van der Waals surface area (Å²) in [6.07, 6.45) is 3.95. The highest BCUT2D eigenvalue weighted by atomic mass is 32.2. The molecule has 146 valence electrons. The minimum Gasteiger partial charge on any atom is -0.480 e. The summed E-state index contributed by atoms with van der Waals surface area (Å²) < 4.78 is 2.27. The smallest absolute Gasteiger partial charge is 0.327 e. The lowest BCUT2D eigenvalue weighted by Gasteiger charge is -2.23. The molecular weight excluding hydrogens is 404 g/mol. The summed E-state index contributed by atoms with van der Waals surface area (Å²) in [5, 5.41) is 10.8. The van der Waals surface area contributed by atoms with Gasteiger partial charge in [0.25, 0.3) is 5.91 Å². The number of benzene rings is 2. The molecule has 0 radical (unpaired) electrons. The maximum Gasteiger partial charge on any atom is 0.327 e. The van der Waals surface area contributed by atoms with Crippen LogP contribution in [-0.2, 0) is 23.1 Å². The number of para-hydroxylation sites is 1. The van der Waals surface area contributed by atoms with Crippen molar-refractivity contribution in [2.75, 3.05) is 0 Å². The second-order valence-electron chi connectivity index (χ2n) is 6.81. The van der Waals surface area contributed by atoms with Crippen molar-refractivity contribution in [1.29, 1.82) is 0 Å². The van der Waals surface area contributed by atoms with E-state index in [1.54, 1.807) is 6.08 Å². The highest BCUT2D eigenvalue weighted by Crippen LogP contribution is 2.36. The van der Waals surface area contributed by atoms with Gasteiger partial charge in [-0.2, -0.15) is 0 Å². The largest absolute Gasteiger partial charge is 0.480 e. The SMILES string of the molecule is Cn1cc(/C=C2\SC(=S)N(C(Cc3ccccc3)C(=O)O)C2=O)c2ccccc21. The Morgan fingerprint density at radius 1 is 1.17 bits per heavy atom. The summed E-state index contributed by atoms with van der Waals surface area (Å²) in [5.41, 5.74) is 2.80. The van der Waals surface area contributed by atoms with Gasteiger partial charge >= 0.3 is 5.97 Å². The molecule has 7 heteroatoms. The summed E-state index contributed by atoms with van der Waals surface area (Å²) >= 11 is 6.53. The molecule has 0 spiro atoms. The Kier molecular flexibility index (Phi) is 5.25. The van der Waals surface area contributed by atoms with Gasteiger partial charge in [-0.25, -0.2) is 4.79 Å². The number of carboxylic acids is 1. The number of rotatable bonds is 5. The molecule has 0 aliphatic carbocycles. The standard InChI is InChI=1S/C22H18N2O3S2/c1-23-13-15(16-9-5-6-10-17(16)23)12-19-20(25)24(22(28)29-19)18(21(26)27)11-14-7-3-2-4-8-14/h2-10,12-13,18H,11H2,1H3,(H,26,27)/b19-12-. The van der Waals surface area contributed by atoms with Crippen molar-refractivity contribution in [3.8, 4) is 0 Å². The Morgan fingerprint density at radius 3 is 2.59 bits per heavy atom. The fourth-order valence-corrected chi connectivity index (χ4v) is 4.85. The molecule has 1 saturated heterocycles. The Labute approximate surface area is 177 Å². The summed E-state index contributed by atoms with van der Waals surface area (Å²) in [6, 6.07) is 16.1. The van der Waals surface area contributed by atoms with Crippen LogP contribution in [-0.4, -0.2) is 36.8 Å². The Balaban J connectivity index is 1.67. The van der Waals surface area contributed by atoms with E-state index in [0.29, 0.717) is 4.91 Å². The summed E-state index contributed by atoms with van der Waals surface area (Å²) in [7, 11) is 1.95. The van der Waals surface area contributed by atoms with Crippen molar-refractivity contribution in [2.45, 2.75) is 12.5 Å². The third kappa shape index (κ3) is 3.71. The van der Waals surface area contributed by atoms with Crippen molar-refractivity contribution < 1.29 is 14.7 Å². The van der Waals surface area contributed by atoms with Gasteiger partial charge in [-0.15, -0.1) is 0 Å². The molecule has 1 aliphatic heterocycles. The van der Waals surface area contributed by atoms with Gasteiger partial charge < -0.3 is 9.67 Å². The number of thiocarbonyl (C=S) groups is 1. The first-order valence-electron chi connectivity index (χ1n) is 9.03. The minimum atomic E-state index is -1.07. The molecular formula is C22H18N2O3S2. The Hall–Kier alpha value is -2.90. The number of carboxylic acid groups (broad SMARTS) is 1. The van der Waals surface area contributed by atoms with Crippen molar-refractivity contribution in [3.63, 3.8) is 0 Å². The van der Waals surface area contributed by atoms with Crippen LogP contribution in [0.1, 0.15) is 11.1 Å². The zero-order valence-electron chi connectivity index (χ0n) is 15.6. The van der Waals surface area contributed by atoms with Crippen LogP contribution in [0, 0.1) is 0 Å². The van der Waals surface area contributed by atoms with Crippen LogP contribution in [0.2, 0.25) is 0 Å². The van der Waals surface area contributed by atoms with Gasteiger partial charge in [-0.3, -0.25) is 9.69 Å². The topological polar surface area (TPSA) is 62.5 Å².